The summed E-state index contributed by atoms with van der Waals surface area (Å²) in [5.41, 5.74) is 0.554. The van der Waals surface area contributed by atoms with Crippen LogP contribution in [0.5, 0.6) is 11.5 Å². The number of sulfonamides is 1. The van der Waals surface area contributed by atoms with Gasteiger partial charge < -0.3 is 14.6 Å². The van der Waals surface area contributed by atoms with Gasteiger partial charge in [-0.3, -0.25) is 0 Å². The van der Waals surface area contributed by atoms with Crippen LogP contribution in [0.1, 0.15) is 6.92 Å². The predicted molar refractivity (Wildman–Crippen MR) is 88.1 cm³/mol. The molecule has 0 aliphatic carbocycles. The topological polar surface area (TPSA) is 99.8 Å². The van der Waals surface area contributed by atoms with Crippen LogP contribution in [0.4, 0.5) is 5.88 Å². The molecule has 0 atom stereocenters. The molecule has 2 aromatic carbocycles. The summed E-state index contributed by atoms with van der Waals surface area (Å²) >= 11 is 0. The third-order valence-corrected chi connectivity index (χ3v) is 4.78. The Morgan fingerprint density at radius 1 is 1.04 bits per heavy atom. The maximum absolute atomic E-state index is 11.6. The van der Waals surface area contributed by atoms with Gasteiger partial charge in [0.15, 0.2) is 5.76 Å². The Kier molecular flexibility index (Phi) is 3.65. The van der Waals surface area contributed by atoms with E-state index in [9.17, 15) is 18.6 Å². The number of aromatic hydroxyl groups is 2. The van der Waals surface area contributed by atoms with Gasteiger partial charge in [-0.05, 0) is 17.7 Å². The van der Waals surface area contributed by atoms with Crippen molar-refractivity contribution in [1.29, 1.82) is 0 Å². The molecule has 3 N–H and O–H groups in total. The summed E-state index contributed by atoms with van der Waals surface area (Å²) in [6.07, 6.45) is 0. The molecule has 23 heavy (non-hydrogen) atoms. The average Bonchev–Trinajstić information content (AvgIpc) is 2.82. The van der Waals surface area contributed by atoms with E-state index in [4.69, 9.17) is 4.42 Å². The van der Waals surface area contributed by atoms with Crippen molar-refractivity contribution in [3.8, 4) is 22.8 Å². The standard InChI is InChI=1S/C16H15NO5S/c1-2-23(20,21)17-16-14(19)13(18)15(22-16)12-9-5-7-10-6-3-4-8-11(10)12/h3-9,17-19H,2H2,1H3. The maximum atomic E-state index is 11.6. The predicted octanol–water partition coefficient (Wildman–Crippen LogP) is 3.27. The second-order valence-electron chi connectivity index (χ2n) is 4.99. The second kappa shape index (κ2) is 5.51. The third-order valence-electron chi connectivity index (χ3n) is 3.52. The van der Waals surface area contributed by atoms with E-state index in [0.717, 1.165) is 10.8 Å². The van der Waals surface area contributed by atoms with E-state index < -0.39 is 27.4 Å². The maximum Gasteiger partial charge on any atom is 0.253 e. The molecule has 0 saturated heterocycles. The lowest BCUT2D eigenvalue weighted by atomic mass is 10.0. The minimum atomic E-state index is -3.64. The van der Waals surface area contributed by atoms with Crippen molar-refractivity contribution in [2.75, 3.05) is 10.5 Å². The summed E-state index contributed by atoms with van der Waals surface area (Å²) in [7, 11) is -3.64. The van der Waals surface area contributed by atoms with E-state index >= 15 is 0 Å². The van der Waals surface area contributed by atoms with E-state index in [0.29, 0.717) is 5.56 Å². The molecule has 0 amide bonds. The molecule has 0 bridgehead atoms. The Morgan fingerprint density at radius 3 is 2.48 bits per heavy atom. The normalized spacial score (nSPS) is 11.7. The van der Waals surface area contributed by atoms with Crippen molar-refractivity contribution in [2.45, 2.75) is 6.92 Å². The van der Waals surface area contributed by atoms with Gasteiger partial charge in [-0.15, -0.1) is 0 Å². The molecule has 0 spiro atoms. The summed E-state index contributed by atoms with van der Waals surface area (Å²) in [5, 5.41) is 21.8. The minimum absolute atomic E-state index is 0.00750. The number of hydrogen-bond donors (Lipinski definition) is 3. The van der Waals surface area contributed by atoms with Crippen LogP contribution in [0.15, 0.2) is 46.9 Å². The molecule has 3 rings (SSSR count). The molecule has 7 heteroatoms. The fourth-order valence-corrected chi connectivity index (χ4v) is 2.87. The van der Waals surface area contributed by atoms with Gasteiger partial charge >= 0.3 is 0 Å². The fraction of sp³-hybridized carbons (Fsp3) is 0.125. The molecule has 1 aromatic heterocycles. The molecule has 0 saturated carbocycles. The molecular formula is C16H15NO5S. The van der Waals surface area contributed by atoms with E-state index in [1.54, 1.807) is 12.1 Å². The highest BCUT2D eigenvalue weighted by Gasteiger charge is 2.24. The molecule has 120 valence electrons. The van der Waals surface area contributed by atoms with Crippen LogP contribution < -0.4 is 4.72 Å². The van der Waals surface area contributed by atoms with E-state index in [1.807, 2.05) is 30.3 Å². The van der Waals surface area contributed by atoms with Gasteiger partial charge in [0.25, 0.3) is 5.88 Å². The number of rotatable bonds is 4. The first kappa shape index (κ1) is 15.2. The minimum Gasteiger partial charge on any atom is -0.502 e. The molecule has 3 aromatic rings. The molecule has 6 nitrogen and oxygen atoms in total. The lowest BCUT2D eigenvalue weighted by Gasteiger charge is -2.04. The monoisotopic (exact) mass is 333 g/mol. The summed E-state index contributed by atoms with van der Waals surface area (Å²) in [6.45, 7) is 1.45. The Balaban J connectivity index is 2.17. The van der Waals surface area contributed by atoms with Crippen LogP contribution in [-0.2, 0) is 10.0 Å². The van der Waals surface area contributed by atoms with Crippen molar-refractivity contribution < 1.29 is 23.0 Å². The number of nitrogens with one attached hydrogen (secondary N) is 1. The summed E-state index contributed by atoms with van der Waals surface area (Å²) in [5.74, 6) is -1.71. The molecule has 1 heterocycles. The number of furan rings is 1. The van der Waals surface area contributed by atoms with Gasteiger partial charge in [0.2, 0.25) is 21.5 Å². The van der Waals surface area contributed by atoms with Gasteiger partial charge in [0, 0.05) is 5.56 Å². The van der Waals surface area contributed by atoms with Gasteiger partial charge in [-0.25, -0.2) is 13.1 Å². The summed E-state index contributed by atoms with van der Waals surface area (Å²) in [4.78, 5) is 0. The highest BCUT2D eigenvalue weighted by Crippen LogP contribution is 2.47. The summed E-state index contributed by atoms with van der Waals surface area (Å²) < 4.78 is 30.8. The van der Waals surface area contributed by atoms with Crippen LogP contribution in [0.3, 0.4) is 0 Å². The fourth-order valence-electron chi connectivity index (χ4n) is 2.30. The van der Waals surface area contributed by atoms with Crippen molar-refractivity contribution in [2.24, 2.45) is 0 Å². The van der Waals surface area contributed by atoms with Crippen molar-refractivity contribution in [1.82, 2.24) is 0 Å². The second-order valence-corrected chi connectivity index (χ2v) is 7.00. The highest BCUT2D eigenvalue weighted by atomic mass is 32.2. The van der Waals surface area contributed by atoms with E-state index in [2.05, 4.69) is 4.72 Å². The van der Waals surface area contributed by atoms with Crippen LogP contribution >= 0.6 is 0 Å². The Bertz CT molecular complexity index is 970. The Labute approximate surface area is 133 Å². The molecule has 0 fully saturated rings. The first-order chi connectivity index (χ1) is 10.9. The van der Waals surface area contributed by atoms with Gasteiger partial charge in [-0.1, -0.05) is 42.5 Å². The third kappa shape index (κ3) is 2.70. The quantitative estimate of drug-likeness (QED) is 0.680. The highest BCUT2D eigenvalue weighted by molar-refractivity contribution is 7.92. The van der Waals surface area contributed by atoms with Gasteiger partial charge in [0.05, 0.1) is 5.75 Å². The number of anilines is 1. The van der Waals surface area contributed by atoms with Crippen LogP contribution in [0, 0.1) is 0 Å². The zero-order valence-electron chi connectivity index (χ0n) is 12.3. The van der Waals surface area contributed by atoms with Crippen LogP contribution in [0.2, 0.25) is 0 Å². The van der Waals surface area contributed by atoms with E-state index in [-0.39, 0.29) is 11.5 Å². The largest absolute Gasteiger partial charge is 0.502 e. The molecule has 0 aliphatic heterocycles. The zero-order valence-corrected chi connectivity index (χ0v) is 13.1. The SMILES string of the molecule is CCS(=O)(=O)Nc1oc(-c2cccc3ccccc23)c(O)c1O. The average molecular weight is 333 g/mol. The van der Waals surface area contributed by atoms with Crippen molar-refractivity contribution in [3.63, 3.8) is 0 Å². The zero-order chi connectivity index (χ0) is 16.6. The molecule has 0 aliphatic rings. The Morgan fingerprint density at radius 2 is 1.74 bits per heavy atom. The summed E-state index contributed by atoms with van der Waals surface area (Å²) in [6, 6.07) is 12.9. The van der Waals surface area contributed by atoms with Gasteiger partial charge in [-0.2, -0.15) is 0 Å². The first-order valence-electron chi connectivity index (χ1n) is 6.96. The van der Waals surface area contributed by atoms with Crippen molar-refractivity contribution >= 4 is 26.7 Å². The lowest BCUT2D eigenvalue weighted by Crippen LogP contribution is -2.14. The molecule has 0 unspecified atom stereocenters. The Hall–Kier alpha value is -2.67. The van der Waals surface area contributed by atoms with Gasteiger partial charge in [0.1, 0.15) is 0 Å². The first-order valence-corrected chi connectivity index (χ1v) is 8.61. The van der Waals surface area contributed by atoms with Crippen LogP contribution in [-0.4, -0.2) is 24.4 Å². The number of hydrogen-bond acceptors (Lipinski definition) is 5. The van der Waals surface area contributed by atoms with Crippen molar-refractivity contribution in [3.05, 3.63) is 42.5 Å². The molecular weight excluding hydrogens is 318 g/mol. The van der Waals surface area contributed by atoms with Crippen LogP contribution in [0.25, 0.3) is 22.1 Å². The smallest absolute Gasteiger partial charge is 0.253 e. The number of fused-ring (bicyclic) bond motifs is 1. The molecule has 0 radical (unpaired) electrons. The lowest BCUT2D eigenvalue weighted by molar-refractivity contribution is 0.410. The van der Waals surface area contributed by atoms with E-state index in [1.165, 1.54) is 6.92 Å². The number of benzene rings is 2.